The van der Waals surface area contributed by atoms with Gasteiger partial charge in [0.2, 0.25) is 5.91 Å². The van der Waals surface area contributed by atoms with Crippen molar-refractivity contribution in [3.63, 3.8) is 0 Å². The monoisotopic (exact) mass is 385 g/mol. The molecule has 3 aliphatic rings. The molecule has 152 valence electrons. The first-order valence-electron chi connectivity index (χ1n) is 10.6. The molecule has 1 aromatic rings. The molecule has 28 heavy (non-hydrogen) atoms. The minimum atomic E-state index is -0.636. The number of carbonyl (C=O) groups excluding carboxylic acids is 2. The molecule has 0 aliphatic carbocycles. The smallest absolute Gasteiger partial charge is 0.254 e. The van der Waals surface area contributed by atoms with Crippen LogP contribution in [-0.4, -0.2) is 72.6 Å². The summed E-state index contributed by atoms with van der Waals surface area (Å²) in [4.78, 5) is 32.8. The first-order chi connectivity index (χ1) is 13.5. The third kappa shape index (κ3) is 3.28. The highest BCUT2D eigenvalue weighted by molar-refractivity contribution is 6.00. The van der Waals surface area contributed by atoms with Crippen molar-refractivity contribution >= 4 is 17.5 Å². The molecule has 1 atom stereocenters. The van der Waals surface area contributed by atoms with Crippen molar-refractivity contribution in [3.8, 4) is 0 Å². The quantitative estimate of drug-likeness (QED) is 0.802. The molecular formula is C22H31N3O3. The Morgan fingerprint density at radius 2 is 1.64 bits per heavy atom. The zero-order valence-electron chi connectivity index (χ0n) is 17.0. The van der Waals surface area contributed by atoms with Gasteiger partial charge in [0.25, 0.3) is 5.91 Å². The predicted octanol–water partition coefficient (Wildman–Crippen LogP) is 2.53. The van der Waals surface area contributed by atoms with Gasteiger partial charge < -0.3 is 19.4 Å². The Labute approximate surface area is 167 Å². The lowest BCUT2D eigenvalue weighted by Gasteiger charge is -2.46. The number of benzene rings is 1. The average molecular weight is 386 g/mol. The summed E-state index contributed by atoms with van der Waals surface area (Å²) in [7, 11) is 0. The molecule has 6 heteroatoms. The van der Waals surface area contributed by atoms with Crippen molar-refractivity contribution in [2.75, 3.05) is 44.3 Å². The van der Waals surface area contributed by atoms with Crippen molar-refractivity contribution in [3.05, 3.63) is 29.8 Å². The Morgan fingerprint density at radius 3 is 2.29 bits per heavy atom. The number of carbonyl (C=O) groups is 2. The lowest BCUT2D eigenvalue weighted by atomic mass is 9.84. The van der Waals surface area contributed by atoms with Crippen LogP contribution >= 0.6 is 0 Å². The number of piperidine rings is 1. The van der Waals surface area contributed by atoms with Gasteiger partial charge in [-0.1, -0.05) is 0 Å². The third-order valence-corrected chi connectivity index (χ3v) is 6.50. The van der Waals surface area contributed by atoms with Gasteiger partial charge >= 0.3 is 0 Å². The van der Waals surface area contributed by atoms with Crippen LogP contribution in [0, 0.1) is 0 Å². The van der Waals surface area contributed by atoms with E-state index in [-0.39, 0.29) is 17.9 Å². The first kappa shape index (κ1) is 19.2. The van der Waals surface area contributed by atoms with E-state index in [1.54, 1.807) is 0 Å². The van der Waals surface area contributed by atoms with E-state index >= 15 is 0 Å². The number of anilines is 1. The number of nitrogens with zero attached hydrogens (tertiary/aromatic N) is 3. The number of hydrogen-bond acceptors (Lipinski definition) is 4. The highest BCUT2D eigenvalue weighted by Gasteiger charge is 2.53. The standard InChI is InChI=1S/C22H31N3O3/c1-17(2)24-11-3-9-22(21(24)27)10-4-12-25(22)20(26)18-5-7-19(8-6-18)23-13-15-28-16-14-23/h5-8,17H,3-4,9-16H2,1-2H3. The van der Waals surface area contributed by atoms with Gasteiger partial charge in [0, 0.05) is 43.5 Å². The van der Waals surface area contributed by atoms with E-state index in [0.717, 1.165) is 64.2 Å². The van der Waals surface area contributed by atoms with Gasteiger partial charge in [-0.2, -0.15) is 0 Å². The molecule has 0 saturated carbocycles. The number of ether oxygens (including phenoxy) is 1. The molecule has 1 unspecified atom stereocenters. The van der Waals surface area contributed by atoms with Crippen LogP contribution in [0.3, 0.4) is 0 Å². The second-order valence-corrected chi connectivity index (χ2v) is 8.43. The van der Waals surface area contributed by atoms with E-state index in [4.69, 9.17) is 4.74 Å². The van der Waals surface area contributed by atoms with Gasteiger partial charge in [-0.15, -0.1) is 0 Å². The summed E-state index contributed by atoms with van der Waals surface area (Å²) in [5.74, 6) is 0.134. The molecule has 3 saturated heterocycles. The van der Waals surface area contributed by atoms with Crippen LogP contribution in [0.25, 0.3) is 0 Å². The lowest BCUT2D eigenvalue weighted by molar-refractivity contribution is -0.147. The van der Waals surface area contributed by atoms with Crippen LogP contribution < -0.4 is 4.90 Å². The number of likely N-dealkylation sites (tertiary alicyclic amines) is 2. The van der Waals surface area contributed by atoms with Crippen LogP contribution in [0.15, 0.2) is 24.3 Å². The number of morpholine rings is 1. The molecule has 1 spiro atoms. The maximum Gasteiger partial charge on any atom is 0.254 e. The third-order valence-electron chi connectivity index (χ3n) is 6.50. The molecule has 3 heterocycles. The average Bonchev–Trinajstić information content (AvgIpc) is 3.14. The summed E-state index contributed by atoms with van der Waals surface area (Å²) in [5, 5.41) is 0. The van der Waals surface area contributed by atoms with Crippen LogP contribution in [-0.2, 0) is 9.53 Å². The van der Waals surface area contributed by atoms with Crippen molar-refractivity contribution in [2.24, 2.45) is 0 Å². The van der Waals surface area contributed by atoms with E-state index in [9.17, 15) is 9.59 Å². The summed E-state index contributed by atoms with van der Waals surface area (Å²) >= 11 is 0. The van der Waals surface area contributed by atoms with Gasteiger partial charge in [-0.05, 0) is 63.8 Å². The molecular weight excluding hydrogens is 354 g/mol. The van der Waals surface area contributed by atoms with Gasteiger partial charge in [0.15, 0.2) is 0 Å². The zero-order valence-corrected chi connectivity index (χ0v) is 17.0. The van der Waals surface area contributed by atoms with Crippen LogP contribution in [0.4, 0.5) is 5.69 Å². The van der Waals surface area contributed by atoms with Gasteiger partial charge in [-0.25, -0.2) is 0 Å². The Hall–Kier alpha value is -2.08. The summed E-state index contributed by atoms with van der Waals surface area (Å²) < 4.78 is 5.41. The molecule has 3 aliphatic heterocycles. The molecule has 0 bridgehead atoms. The fourth-order valence-electron chi connectivity index (χ4n) is 4.96. The molecule has 1 aromatic carbocycles. The maximum atomic E-state index is 13.4. The molecule has 0 N–H and O–H groups in total. The van der Waals surface area contributed by atoms with Crippen molar-refractivity contribution < 1.29 is 14.3 Å². The molecule has 4 rings (SSSR count). The largest absolute Gasteiger partial charge is 0.378 e. The summed E-state index contributed by atoms with van der Waals surface area (Å²) in [6.45, 7) is 8.82. The zero-order chi connectivity index (χ0) is 19.7. The molecule has 0 aromatic heterocycles. The van der Waals surface area contributed by atoms with Crippen molar-refractivity contribution in [1.29, 1.82) is 0 Å². The topological polar surface area (TPSA) is 53.1 Å². The summed E-state index contributed by atoms with van der Waals surface area (Å²) in [5.41, 5.74) is 1.16. The van der Waals surface area contributed by atoms with E-state index in [0.29, 0.717) is 12.1 Å². The predicted molar refractivity (Wildman–Crippen MR) is 109 cm³/mol. The first-order valence-corrected chi connectivity index (χ1v) is 10.6. The van der Waals surface area contributed by atoms with Gasteiger partial charge in [0.1, 0.15) is 5.54 Å². The Bertz CT molecular complexity index is 727. The van der Waals surface area contributed by atoms with E-state index in [1.165, 1.54) is 0 Å². The Balaban J connectivity index is 1.54. The Morgan fingerprint density at radius 1 is 1.00 bits per heavy atom. The number of rotatable bonds is 3. The van der Waals surface area contributed by atoms with Crippen molar-refractivity contribution in [2.45, 2.75) is 51.1 Å². The van der Waals surface area contributed by atoms with E-state index < -0.39 is 5.54 Å². The van der Waals surface area contributed by atoms with E-state index in [2.05, 4.69) is 18.7 Å². The lowest BCUT2D eigenvalue weighted by Crippen LogP contribution is -2.62. The summed E-state index contributed by atoms with van der Waals surface area (Å²) in [6.07, 6.45) is 3.43. The van der Waals surface area contributed by atoms with E-state index in [1.807, 2.05) is 34.1 Å². The van der Waals surface area contributed by atoms with Gasteiger partial charge in [-0.3, -0.25) is 9.59 Å². The SMILES string of the molecule is CC(C)N1CCCC2(CCCN2C(=O)c2ccc(N3CCOCC3)cc2)C1=O. The van der Waals surface area contributed by atoms with Crippen LogP contribution in [0.1, 0.15) is 49.9 Å². The fraction of sp³-hybridized carbons (Fsp3) is 0.636. The number of amides is 2. The summed E-state index contributed by atoms with van der Waals surface area (Å²) in [6, 6.07) is 8.03. The van der Waals surface area contributed by atoms with Gasteiger partial charge in [0.05, 0.1) is 13.2 Å². The van der Waals surface area contributed by atoms with Crippen LogP contribution in [0.2, 0.25) is 0 Å². The molecule has 2 amide bonds. The highest BCUT2D eigenvalue weighted by Crippen LogP contribution is 2.39. The molecule has 3 fully saturated rings. The molecule has 0 radical (unpaired) electrons. The second kappa shape index (κ2) is 7.74. The normalized spacial score (nSPS) is 25.8. The fourth-order valence-corrected chi connectivity index (χ4v) is 4.96. The minimum Gasteiger partial charge on any atom is -0.378 e. The maximum absolute atomic E-state index is 13.4. The minimum absolute atomic E-state index is 0.00927. The highest BCUT2D eigenvalue weighted by atomic mass is 16.5. The van der Waals surface area contributed by atoms with Crippen LogP contribution in [0.5, 0.6) is 0 Å². The molecule has 6 nitrogen and oxygen atoms in total. The van der Waals surface area contributed by atoms with Crippen molar-refractivity contribution in [1.82, 2.24) is 9.80 Å². The Kier molecular flexibility index (Phi) is 5.32. The second-order valence-electron chi connectivity index (χ2n) is 8.43. The number of hydrogen-bond donors (Lipinski definition) is 0.